The molecule has 1 aromatic heterocycles. The summed E-state index contributed by atoms with van der Waals surface area (Å²) in [5.74, 6) is -1.40. The normalized spacial score (nSPS) is 12.3. The Kier molecular flexibility index (Phi) is 5.98. The van der Waals surface area contributed by atoms with Gasteiger partial charge in [0.1, 0.15) is 17.3 Å². The number of benzene rings is 1. The van der Waals surface area contributed by atoms with Crippen molar-refractivity contribution in [1.29, 1.82) is 0 Å². The van der Waals surface area contributed by atoms with Gasteiger partial charge in [0.25, 0.3) is 5.91 Å². The van der Waals surface area contributed by atoms with Crippen molar-refractivity contribution < 1.29 is 13.6 Å². The van der Waals surface area contributed by atoms with Gasteiger partial charge in [-0.1, -0.05) is 19.9 Å². The summed E-state index contributed by atoms with van der Waals surface area (Å²) in [4.78, 5) is 12.8. The van der Waals surface area contributed by atoms with Gasteiger partial charge in [-0.3, -0.25) is 4.79 Å². The molecular weight excluding hydrogens is 322 g/mol. The molecule has 1 aromatic carbocycles. The van der Waals surface area contributed by atoms with E-state index >= 15 is 0 Å². The standard InChI is InChI=1S/C20H26F2N2O/c1-6-12(3)23-20(25)19-13(4)15(7-2)14(5)24(19)11-16-17(21)9-8-10-18(16)22/h8-10,12H,6-7,11H2,1-5H3,(H,23,25). The monoisotopic (exact) mass is 348 g/mol. The van der Waals surface area contributed by atoms with Gasteiger partial charge in [-0.05, 0) is 56.9 Å². The smallest absolute Gasteiger partial charge is 0.268 e. The van der Waals surface area contributed by atoms with Crippen LogP contribution >= 0.6 is 0 Å². The first-order valence-electron chi connectivity index (χ1n) is 8.74. The van der Waals surface area contributed by atoms with Crippen molar-refractivity contribution >= 4 is 5.91 Å². The van der Waals surface area contributed by atoms with E-state index in [4.69, 9.17) is 0 Å². The lowest BCUT2D eigenvalue weighted by molar-refractivity contribution is 0.0929. The Morgan fingerprint density at radius 3 is 2.28 bits per heavy atom. The van der Waals surface area contributed by atoms with Crippen LogP contribution in [0.5, 0.6) is 0 Å². The van der Waals surface area contributed by atoms with Crippen molar-refractivity contribution in [2.75, 3.05) is 0 Å². The van der Waals surface area contributed by atoms with Crippen molar-refractivity contribution in [3.8, 4) is 0 Å². The Labute approximate surface area is 148 Å². The van der Waals surface area contributed by atoms with Crippen LogP contribution in [0.25, 0.3) is 0 Å². The van der Waals surface area contributed by atoms with Crippen LogP contribution in [0.4, 0.5) is 8.78 Å². The molecule has 0 aliphatic heterocycles. The molecule has 0 fully saturated rings. The van der Waals surface area contributed by atoms with Crippen LogP contribution in [0.1, 0.15) is 60.1 Å². The van der Waals surface area contributed by atoms with Gasteiger partial charge in [0.05, 0.1) is 6.54 Å². The van der Waals surface area contributed by atoms with Crippen molar-refractivity contribution in [1.82, 2.24) is 9.88 Å². The maximum atomic E-state index is 14.1. The molecule has 0 saturated heterocycles. The SMILES string of the molecule is CCc1c(C)c(C(=O)NC(C)CC)n(Cc2c(F)cccc2F)c1C. The van der Waals surface area contributed by atoms with Crippen LogP contribution in [0.3, 0.4) is 0 Å². The molecule has 0 radical (unpaired) electrons. The molecule has 1 heterocycles. The summed E-state index contributed by atoms with van der Waals surface area (Å²) in [6.45, 7) is 9.73. The third kappa shape index (κ3) is 3.75. The van der Waals surface area contributed by atoms with E-state index in [1.807, 2.05) is 34.6 Å². The van der Waals surface area contributed by atoms with Crippen LogP contribution in [0.15, 0.2) is 18.2 Å². The number of rotatable bonds is 6. The molecule has 0 saturated carbocycles. The predicted molar refractivity (Wildman–Crippen MR) is 96.0 cm³/mol. The summed E-state index contributed by atoms with van der Waals surface area (Å²) in [5, 5.41) is 2.96. The summed E-state index contributed by atoms with van der Waals surface area (Å²) >= 11 is 0. The van der Waals surface area contributed by atoms with E-state index in [1.54, 1.807) is 4.57 Å². The maximum Gasteiger partial charge on any atom is 0.268 e. The number of hydrogen-bond donors (Lipinski definition) is 1. The second-order valence-electron chi connectivity index (χ2n) is 6.46. The number of halogens is 2. The zero-order valence-electron chi connectivity index (χ0n) is 15.5. The zero-order valence-corrected chi connectivity index (χ0v) is 15.5. The van der Waals surface area contributed by atoms with E-state index in [0.717, 1.165) is 29.7 Å². The van der Waals surface area contributed by atoms with E-state index in [0.29, 0.717) is 5.69 Å². The highest BCUT2D eigenvalue weighted by atomic mass is 19.1. The number of aromatic nitrogens is 1. The van der Waals surface area contributed by atoms with Gasteiger partial charge in [0, 0.05) is 17.3 Å². The molecule has 25 heavy (non-hydrogen) atoms. The topological polar surface area (TPSA) is 34.0 Å². The lowest BCUT2D eigenvalue weighted by atomic mass is 10.1. The Balaban J connectivity index is 2.54. The molecule has 136 valence electrons. The third-order valence-corrected chi connectivity index (χ3v) is 4.86. The number of amides is 1. The van der Waals surface area contributed by atoms with Crippen LogP contribution < -0.4 is 5.32 Å². The van der Waals surface area contributed by atoms with E-state index in [-0.39, 0.29) is 24.1 Å². The minimum absolute atomic E-state index is 0.00552. The van der Waals surface area contributed by atoms with Crippen molar-refractivity contribution in [3.63, 3.8) is 0 Å². The average Bonchev–Trinajstić information content (AvgIpc) is 2.80. The van der Waals surface area contributed by atoms with E-state index < -0.39 is 11.6 Å². The van der Waals surface area contributed by atoms with Crippen LogP contribution in [0.2, 0.25) is 0 Å². The first-order chi connectivity index (χ1) is 11.8. The summed E-state index contributed by atoms with van der Waals surface area (Å²) in [5.41, 5.74) is 3.25. The Morgan fingerprint density at radius 2 is 1.76 bits per heavy atom. The van der Waals surface area contributed by atoms with Gasteiger partial charge in [0.2, 0.25) is 0 Å². The fourth-order valence-corrected chi connectivity index (χ4v) is 3.19. The lowest BCUT2D eigenvalue weighted by Gasteiger charge is -2.16. The van der Waals surface area contributed by atoms with Crippen LogP contribution in [-0.4, -0.2) is 16.5 Å². The molecule has 2 aromatic rings. The van der Waals surface area contributed by atoms with Gasteiger partial charge >= 0.3 is 0 Å². The number of nitrogens with one attached hydrogen (secondary N) is 1. The zero-order chi connectivity index (χ0) is 18.7. The van der Waals surface area contributed by atoms with Crippen molar-refractivity contribution in [2.45, 2.75) is 60.0 Å². The maximum absolute atomic E-state index is 14.1. The minimum Gasteiger partial charge on any atom is -0.348 e. The first kappa shape index (κ1) is 19.2. The quantitative estimate of drug-likeness (QED) is 0.818. The first-order valence-corrected chi connectivity index (χ1v) is 8.74. The molecule has 2 rings (SSSR count). The molecule has 1 N–H and O–H groups in total. The highest BCUT2D eigenvalue weighted by Gasteiger charge is 2.24. The van der Waals surface area contributed by atoms with Gasteiger partial charge in [-0.15, -0.1) is 0 Å². The minimum atomic E-state index is -0.600. The largest absolute Gasteiger partial charge is 0.348 e. The summed E-state index contributed by atoms with van der Waals surface area (Å²) in [7, 11) is 0. The second kappa shape index (κ2) is 7.81. The summed E-state index contributed by atoms with van der Waals surface area (Å²) in [6.07, 6.45) is 1.57. The number of carbonyl (C=O) groups is 1. The molecule has 1 amide bonds. The van der Waals surface area contributed by atoms with Gasteiger partial charge < -0.3 is 9.88 Å². The highest BCUT2D eigenvalue weighted by molar-refractivity contribution is 5.95. The second-order valence-corrected chi connectivity index (χ2v) is 6.46. The fraction of sp³-hybridized carbons (Fsp3) is 0.450. The molecule has 0 bridgehead atoms. The van der Waals surface area contributed by atoms with E-state index in [1.165, 1.54) is 18.2 Å². The summed E-state index contributed by atoms with van der Waals surface area (Å²) < 4.78 is 29.9. The van der Waals surface area contributed by atoms with Gasteiger partial charge in [-0.2, -0.15) is 0 Å². The van der Waals surface area contributed by atoms with Crippen LogP contribution in [0, 0.1) is 25.5 Å². The Morgan fingerprint density at radius 1 is 1.16 bits per heavy atom. The van der Waals surface area contributed by atoms with Gasteiger partial charge in [0.15, 0.2) is 0 Å². The number of carbonyl (C=O) groups excluding carboxylic acids is 1. The number of hydrogen-bond acceptors (Lipinski definition) is 1. The molecule has 0 aliphatic carbocycles. The predicted octanol–water partition coefficient (Wildman–Crippen LogP) is 4.52. The highest BCUT2D eigenvalue weighted by Crippen LogP contribution is 2.25. The molecule has 5 heteroatoms. The lowest BCUT2D eigenvalue weighted by Crippen LogP contribution is -2.34. The molecule has 0 spiro atoms. The fourth-order valence-electron chi connectivity index (χ4n) is 3.19. The molecule has 1 unspecified atom stereocenters. The van der Waals surface area contributed by atoms with E-state index in [9.17, 15) is 13.6 Å². The summed E-state index contributed by atoms with van der Waals surface area (Å²) in [6, 6.07) is 3.86. The number of nitrogens with zero attached hydrogens (tertiary/aromatic N) is 1. The molecule has 0 aliphatic rings. The van der Waals surface area contributed by atoms with Gasteiger partial charge in [-0.25, -0.2) is 8.78 Å². The van der Waals surface area contributed by atoms with Crippen LogP contribution in [-0.2, 0) is 13.0 Å². The molecular formula is C20H26F2N2O. The van der Waals surface area contributed by atoms with Crippen molar-refractivity contribution in [3.05, 3.63) is 57.9 Å². The molecule has 3 nitrogen and oxygen atoms in total. The van der Waals surface area contributed by atoms with E-state index in [2.05, 4.69) is 5.32 Å². The average molecular weight is 348 g/mol. The third-order valence-electron chi connectivity index (χ3n) is 4.86. The van der Waals surface area contributed by atoms with Crippen molar-refractivity contribution in [2.24, 2.45) is 0 Å². The molecule has 1 atom stereocenters. The Hall–Kier alpha value is -2.17. The Bertz CT molecular complexity index is 760.